The van der Waals surface area contributed by atoms with Gasteiger partial charge in [0.15, 0.2) is 10.0 Å². The largest absolute Gasteiger partial charge is 0.365 e. The van der Waals surface area contributed by atoms with Gasteiger partial charge in [-0.1, -0.05) is 49.1 Å². The van der Waals surface area contributed by atoms with E-state index in [2.05, 4.69) is 39.6 Å². The van der Waals surface area contributed by atoms with Crippen LogP contribution in [-0.2, 0) is 26.1 Å². The number of carbonyl (C=O) groups excluding carboxylic acids is 1. The van der Waals surface area contributed by atoms with Gasteiger partial charge in [-0.3, -0.25) is 14.3 Å². The molecule has 266 valence electrons. The lowest BCUT2D eigenvalue weighted by molar-refractivity contribution is -0.135. The Labute approximate surface area is 291 Å². The number of nitrogens with zero attached hydrogens (tertiary/aromatic N) is 8. The van der Waals surface area contributed by atoms with Crippen molar-refractivity contribution in [1.82, 2.24) is 29.2 Å². The first kappa shape index (κ1) is 35.8. The van der Waals surface area contributed by atoms with Gasteiger partial charge in [-0.15, -0.1) is 10.2 Å². The summed E-state index contributed by atoms with van der Waals surface area (Å²) in [5.74, 6) is -0.0555. The number of hydrogen-bond donors (Lipinski definition) is 0. The summed E-state index contributed by atoms with van der Waals surface area (Å²) in [6.07, 6.45) is -0.360. The molecule has 1 amide bonds. The van der Waals surface area contributed by atoms with Gasteiger partial charge in [-0.2, -0.15) is 5.10 Å². The van der Waals surface area contributed by atoms with Crippen LogP contribution in [0.25, 0.3) is 26.4 Å². The van der Waals surface area contributed by atoms with E-state index in [-0.39, 0.29) is 46.2 Å². The first-order valence-electron chi connectivity index (χ1n) is 16.8. The van der Waals surface area contributed by atoms with Crippen molar-refractivity contribution in [3.63, 3.8) is 0 Å². The lowest BCUT2D eigenvalue weighted by Crippen LogP contribution is -2.56. The molecule has 2 unspecified atom stereocenters. The summed E-state index contributed by atoms with van der Waals surface area (Å²) in [7, 11) is -5.76. The zero-order valence-corrected chi connectivity index (χ0v) is 31.5. The van der Waals surface area contributed by atoms with Gasteiger partial charge in [0.25, 0.3) is 16.4 Å². The molecule has 3 aliphatic rings. The molecule has 49 heavy (non-hydrogen) atoms. The third-order valence-corrected chi connectivity index (χ3v) is 14.2. The van der Waals surface area contributed by atoms with Gasteiger partial charge in [-0.25, -0.2) is 23.8 Å². The van der Waals surface area contributed by atoms with Crippen molar-refractivity contribution < 1.29 is 26.7 Å². The molecule has 2 bridgehead atoms. The number of piperazine rings is 1. The minimum absolute atomic E-state index is 0.0330. The first-order valence-corrected chi connectivity index (χ1v) is 22.8. The van der Waals surface area contributed by atoms with Gasteiger partial charge in [0, 0.05) is 57.7 Å². The zero-order chi connectivity index (χ0) is 35.5. The van der Waals surface area contributed by atoms with E-state index >= 15 is 0 Å². The standard InChI is InChI=1S/C32H44F2N8O4S2Si/c1-8-40-27-24(26(38-40)29-36-37-30(47-29)28(33)34)15-23(16-25(27)42-21-9-10-22(42)18-39(17-21)31(43)20(2)3)48(44,45)41(32(35-4)11-12-32)19-46-13-14-49(5,6)7/h15-16,20-22,28H,8-14,17-19H2,1-3,5-7H3. The van der Waals surface area contributed by atoms with Crippen LogP contribution in [0.15, 0.2) is 17.0 Å². The van der Waals surface area contributed by atoms with Crippen molar-refractivity contribution in [3.8, 4) is 10.7 Å². The highest BCUT2D eigenvalue weighted by Gasteiger charge is 2.61. The van der Waals surface area contributed by atoms with Crippen molar-refractivity contribution in [2.45, 2.75) is 108 Å². The highest BCUT2D eigenvalue weighted by molar-refractivity contribution is 7.89. The Kier molecular flexibility index (Phi) is 9.68. The Hall–Kier alpha value is -3.04. The molecular weight excluding hydrogens is 691 g/mol. The smallest absolute Gasteiger partial charge is 0.303 e. The number of fused-ring (bicyclic) bond motifs is 3. The molecule has 6 rings (SSSR count). The fourth-order valence-electron chi connectivity index (χ4n) is 6.86. The maximum atomic E-state index is 14.7. The van der Waals surface area contributed by atoms with Crippen LogP contribution >= 0.6 is 11.3 Å². The van der Waals surface area contributed by atoms with Crippen LogP contribution in [0.5, 0.6) is 0 Å². The number of sulfonamides is 1. The average molecular weight is 735 g/mol. The fourth-order valence-corrected chi connectivity index (χ4v) is 9.98. The molecule has 0 spiro atoms. The van der Waals surface area contributed by atoms with E-state index in [0.29, 0.717) is 55.7 Å². The van der Waals surface area contributed by atoms with Gasteiger partial charge in [-0.05, 0) is 37.9 Å². The lowest BCUT2D eigenvalue weighted by Gasteiger charge is -2.43. The highest BCUT2D eigenvalue weighted by Crippen LogP contribution is 2.48. The van der Waals surface area contributed by atoms with E-state index in [0.717, 1.165) is 30.2 Å². The number of amides is 1. The average Bonchev–Trinajstić information content (AvgIpc) is 3.36. The fraction of sp³-hybridized carbons (Fsp3) is 0.656. The van der Waals surface area contributed by atoms with Crippen molar-refractivity contribution in [3.05, 3.63) is 28.6 Å². The Balaban J connectivity index is 1.50. The first-order chi connectivity index (χ1) is 23.1. The molecule has 2 saturated heterocycles. The van der Waals surface area contributed by atoms with Crippen LogP contribution in [0.1, 0.15) is 57.9 Å². The Morgan fingerprint density at radius 2 is 1.86 bits per heavy atom. The third kappa shape index (κ3) is 6.74. The number of rotatable bonds is 13. The number of aromatic nitrogens is 4. The van der Waals surface area contributed by atoms with E-state index in [1.165, 1.54) is 10.4 Å². The van der Waals surface area contributed by atoms with E-state index in [4.69, 9.17) is 16.4 Å². The van der Waals surface area contributed by atoms with Crippen LogP contribution in [-0.4, -0.2) is 95.8 Å². The number of alkyl halides is 2. The van der Waals surface area contributed by atoms with Gasteiger partial charge < -0.3 is 14.5 Å². The number of ether oxygens (including phenoxy) is 1. The summed E-state index contributed by atoms with van der Waals surface area (Å²) in [6.45, 7) is 21.9. The number of aryl methyl sites for hydroxylation is 1. The summed E-state index contributed by atoms with van der Waals surface area (Å²) in [4.78, 5) is 20.9. The van der Waals surface area contributed by atoms with E-state index in [9.17, 15) is 22.0 Å². The van der Waals surface area contributed by atoms with Gasteiger partial charge in [0.05, 0.1) is 28.9 Å². The molecule has 2 aliphatic heterocycles. The Morgan fingerprint density at radius 1 is 1.18 bits per heavy atom. The minimum Gasteiger partial charge on any atom is -0.365 e. The van der Waals surface area contributed by atoms with Crippen molar-refractivity contribution in [2.75, 3.05) is 31.3 Å². The molecule has 17 heteroatoms. The number of hydrogen-bond acceptors (Lipinski definition) is 9. The quantitative estimate of drug-likeness (QED) is 0.0901. The maximum Gasteiger partial charge on any atom is 0.303 e. The number of likely N-dealkylation sites (tertiary alicyclic amines) is 1. The Morgan fingerprint density at radius 3 is 2.39 bits per heavy atom. The minimum atomic E-state index is -4.31. The molecule has 2 atom stereocenters. The summed E-state index contributed by atoms with van der Waals surface area (Å²) in [5.41, 5.74) is 0.350. The van der Waals surface area contributed by atoms with Crippen LogP contribution < -0.4 is 4.90 Å². The molecular formula is C32H44F2N8O4S2Si. The number of anilines is 1. The zero-order valence-electron chi connectivity index (χ0n) is 28.8. The predicted molar refractivity (Wildman–Crippen MR) is 187 cm³/mol. The lowest BCUT2D eigenvalue weighted by atomic mass is 10.1. The van der Waals surface area contributed by atoms with E-state index in [1.54, 1.807) is 10.7 Å². The molecule has 1 aliphatic carbocycles. The summed E-state index contributed by atoms with van der Waals surface area (Å²) >= 11 is 0.725. The van der Waals surface area contributed by atoms with Gasteiger partial charge >= 0.3 is 5.66 Å². The van der Waals surface area contributed by atoms with Gasteiger partial charge in [0.1, 0.15) is 12.4 Å². The second-order valence-corrected chi connectivity index (χ2v) is 23.2. The van der Waals surface area contributed by atoms with Crippen molar-refractivity contribution in [1.29, 1.82) is 0 Å². The molecule has 2 aromatic heterocycles. The van der Waals surface area contributed by atoms with E-state index < -0.39 is 35.2 Å². The summed E-state index contributed by atoms with van der Waals surface area (Å²) < 4.78 is 65.6. The SMILES string of the molecule is [C-]#[N+]C1(N(COCC[Si](C)(C)C)S(=O)(=O)c2cc(N3C4CCC3CN(C(=O)C(C)C)C4)c3c(c2)c(-c2nnc(C(F)F)s2)nn3CC)CC1. The molecule has 12 nitrogen and oxygen atoms in total. The maximum absolute atomic E-state index is 14.7. The van der Waals surface area contributed by atoms with Gasteiger partial charge in [0.2, 0.25) is 5.91 Å². The van der Waals surface area contributed by atoms with Crippen LogP contribution in [0, 0.1) is 12.5 Å². The molecule has 0 radical (unpaired) electrons. The predicted octanol–water partition coefficient (Wildman–Crippen LogP) is 6.06. The Bertz CT molecular complexity index is 1870. The molecule has 1 saturated carbocycles. The second kappa shape index (κ2) is 13.3. The topological polar surface area (TPSA) is 118 Å². The van der Waals surface area contributed by atoms with Crippen LogP contribution in [0.3, 0.4) is 0 Å². The third-order valence-electron chi connectivity index (χ3n) is 9.66. The molecule has 1 aromatic carbocycles. The second-order valence-electron chi connectivity index (χ2n) is 14.7. The number of carbonyl (C=O) groups is 1. The van der Waals surface area contributed by atoms with Crippen LogP contribution in [0.2, 0.25) is 25.7 Å². The van der Waals surface area contributed by atoms with Crippen molar-refractivity contribution >= 4 is 51.9 Å². The monoisotopic (exact) mass is 734 g/mol. The number of benzene rings is 1. The summed E-state index contributed by atoms with van der Waals surface area (Å²) in [5, 5.41) is 12.7. The molecule has 3 fully saturated rings. The van der Waals surface area contributed by atoms with Crippen molar-refractivity contribution in [2.24, 2.45) is 5.92 Å². The molecule has 0 N–H and O–H groups in total. The number of halogens is 2. The normalized spacial score (nSPS) is 20.6. The molecule has 4 heterocycles. The highest BCUT2D eigenvalue weighted by atomic mass is 32.2. The molecule has 3 aromatic rings. The van der Waals surface area contributed by atoms with E-state index in [1.807, 2.05) is 25.7 Å². The summed E-state index contributed by atoms with van der Waals surface area (Å²) in [6, 6.07) is 3.93. The van der Waals surface area contributed by atoms with Crippen LogP contribution in [0.4, 0.5) is 14.5 Å².